The Bertz CT molecular complexity index is 743. The second-order valence-corrected chi connectivity index (χ2v) is 7.05. The molecule has 0 unspecified atom stereocenters. The van der Waals surface area contributed by atoms with Crippen LogP contribution in [-0.2, 0) is 14.3 Å². The van der Waals surface area contributed by atoms with Crippen LogP contribution in [0.5, 0.6) is 0 Å². The van der Waals surface area contributed by atoms with Crippen LogP contribution in [0.3, 0.4) is 0 Å². The topological polar surface area (TPSA) is 73.2 Å². The number of thioether (sulfide) groups is 1. The number of methoxy groups -OCH3 is 1. The van der Waals surface area contributed by atoms with Crippen LogP contribution in [0.15, 0.2) is 41.8 Å². The van der Waals surface area contributed by atoms with Crippen molar-refractivity contribution in [3.63, 3.8) is 0 Å². The summed E-state index contributed by atoms with van der Waals surface area (Å²) in [5.74, 6) is 0.328. The molecule has 0 aliphatic heterocycles. The van der Waals surface area contributed by atoms with Gasteiger partial charge < -0.3 is 10.1 Å². The maximum Gasteiger partial charge on any atom is 0.305 e. The molecule has 0 radical (unpaired) electrons. The van der Waals surface area contributed by atoms with Crippen LogP contribution in [0.2, 0.25) is 0 Å². The van der Waals surface area contributed by atoms with Crippen LogP contribution >= 0.6 is 11.8 Å². The number of esters is 1. The molecule has 0 bridgehead atoms. The van der Waals surface area contributed by atoms with Crippen LogP contribution in [0.4, 0.5) is 0 Å². The zero-order valence-electron chi connectivity index (χ0n) is 15.4. The minimum Gasteiger partial charge on any atom is -0.469 e. The summed E-state index contributed by atoms with van der Waals surface area (Å²) < 4.78 is 6.59. The molecule has 2 aromatic rings. The first kappa shape index (κ1) is 20.0. The van der Waals surface area contributed by atoms with E-state index in [4.69, 9.17) is 0 Å². The maximum absolute atomic E-state index is 12.0. The summed E-state index contributed by atoms with van der Waals surface area (Å²) in [6.45, 7) is 4.77. The number of ether oxygens (including phenoxy) is 1. The second kappa shape index (κ2) is 10.0. The molecular formula is C19H25N3O3S. The van der Waals surface area contributed by atoms with Gasteiger partial charge in [-0.05, 0) is 24.0 Å². The lowest BCUT2D eigenvalue weighted by molar-refractivity contribution is -0.140. The minimum atomic E-state index is -0.264. The van der Waals surface area contributed by atoms with E-state index in [1.165, 1.54) is 24.4 Å². The first-order chi connectivity index (χ1) is 12.5. The molecule has 0 atom stereocenters. The lowest BCUT2D eigenvalue weighted by Crippen LogP contribution is -2.26. The summed E-state index contributed by atoms with van der Waals surface area (Å²) in [7, 11) is 1.36. The normalized spacial score (nSPS) is 10.8. The number of carbonyl (C=O) groups excluding carboxylic acids is 2. The Morgan fingerprint density at radius 1 is 1.31 bits per heavy atom. The molecule has 1 N–H and O–H groups in total. The van der Waals surface area contributed by atoms with E-state index in [9.17, 15) is 9.59 Å². The predicted octanol–water partition coefficient (Wildman–Crippen LogP) is 3.16. The van der Waals surface area contributed by atoms with Gasteiger partial charge in [0.05, 0.1) is 18.6 Å². The summed E-state index contributed by atoms with van der Waals surface area (Å²) in [6, 6.07) is 8.21. The third kappa shape index (κ3) is 5.62. The molecule has 1 heterocycles. The molecule has 140 valence electrons. The smallest absolute Gasteiger partial charge is 0.305 e. The number of amides is 1. The van der Waals surface area contributed by atoms with E-state index in [0.29, 0.717) is 25.3 Å². The van der Waals surface area contributed by atoms with Gasteiger partial charge in [-0.25, -0.2) is 4.98 Å². The number of hydrogen-bond donors (Lipinski definition) is 1. The van der Waals surface area contributed by atoms with Crippen molar-refractivity contribution >= 4 is 23.6 Å². The number of imidazole rings is 1. The van der Waals surface area contributed by atoms with E-state index in [1.54, 1.807) is 6.20 Å². The number of nitrogens with zero attached hydrogens (tertiary/aromatic N) is 2. The Kier molecular flexibility index (Phi) is 7.72. The first-order valence-electron chi connectivity index (χ1n) is 8.62. The molecule has 1 aromatic carbocycles. The third-order valence-corrected chi connectivity index (χ3v) is 4.83. The molecule has 0 aliphatic rings. The van der Waals surface area contributed by atoms with Crippen LogP contribution in [-0.4, -0.2) is 40.8 Å². The van der Waals surface area contributed by atoms with Crippen molar-refractivity contribution in [2.45, 2.75) is 37.8 Å². The van der Waals surface area contributed by atoms with Crippen molar-refractivity contribution in [2.75, 3.05) is 19.4 Å². The summed E-state index contributed by atoms with van der Waals surface area (Å²) in [4.78, 5) is 27.4. The molecule has 0 saturated carbocycles. The van der Waals surface area contributed by atoms with Crippen molar-refractivity contribution in [3.05, 3.63) is 42.2 Å². The molecule has 0 spiro atoms. The van der Waals surface area contributed by atoms with Gasteiger partial charge in [-0.1, -0.05) is 43.8 Å². The van der Waals surface area contributed by atoms with Crippen molar-refractivity contribution < 1.29 is 14.3 Å². The molecule has 0 fully saturated rings. The maximum atomic E-state index is 12.0. The van der Waals surface area contributed by atoms with Crippen LogP contribution < -0.4 is 5.32 Å². The van der Waals surface area contributed by atoms with E-state index in [1.807, 2.05) is 22.9 Å². The van der Waals surface area contributed by atoms with Crippen molar-refractivity contribution in [2.24, 2.45) is 0 Å². The largest absolute Gasteiger partial charge is 0.469 e. The standard InChI is InChI=1S/C19H25N3O3S/c1-14(2)15-7-4-5-8-16(15)22-12-11-21-19(22)26-13-17(23)20-10-6-9-18(24)25-3/h4-5,7-8,11-12,14H,6,9-10,13H2,1-3H3,(H,20,23). The molecule has 1 amide bonds. The lowest BCUT2D eigenvalue weighted by Gasteiger charge is -2.15. The number of benzene rings is 1. The zero-order chi connectivity index (χ0) is 18.9. The quantitative estimate of drug-likeness (QED) is 0.414. The highest BCUT2D eigenvalue weighted by atomic mass is 32.2. The van der Waals surface area contributed by atoms with E-state index in [0.717, 1.165) is 10.8 Å². The average molecular weight is 375 g/mol. The average Bonchev–Trinajstić information content (AvgIpc) is 3.11. The van der Waals surface area contributed by atoms with Gasteiger partial charge >= 0.3 is 5.97 Å². The van der Waals surface area contributed by atoms with Crippen LogP contribution in [0.1, 0.15) is 38.2 Å². The Balaban J connectivity index is 1.91. The number of para-hydroxylation sites is 1. The van der Waals surface area contributed by atoms with Gasteiger partial charge in [-0.15, -0.1) is 0 Å². The number of rotatable bonds is 9. The van der Waals surface area contributed by atoms with E-state index >= 15 is 0 Å². The fourth-order valence-electron chi connectivity index (χ4n) is 2.52. The molecule has 26 heavy (non-hydrogen) atoms. The highest BCUT2D eigenvalue weighted by Gasteiger charge is 2.13. The molecule has 2 rings (SSSR count). The van der Waals surface area contributed by atoms with Gasteiger partial charge in [-0.3, -0.25) is 14.2 Å². The summed E-state index contributed by atoms with van der Waals surface area (Å²) in [6.07, 6.45) is 4.53. The number of hydrogen-bond acceptors (Lipinski definition) is 5. The highest BCUT2D eigenvalue weighted by molar-refractivity contribution is 7.99. The van der Waals surface area contributed by atoms with Gasteiger partial charge in [0.2, 0.25) is 5.91 Å². The summed E-state index contributed by atoms with van der Waals surface area (Å²) in [5.41, 5.74) is 2.32. The van der Waals surface area contributed by atoms with E-state index in [-0.39, 0.29) is 17.6 Å². The van der Waals surface area contributed by atoms with Gasteiger partial charge in [0, 0.05) is 25.4 Å². The Labute approximate surface area is 158 Å². The molecule has 7 heteroatoms. The first-order valence-corrected chi connectivity index (χ1v) is 9.60. The Morgan fingerprint density at radius 3 is 2.81 bits per heavy atom. The number of carbonyl (C=O) groups is 2. The van der Waals surface area contributed by atoms with Crippen LogP contribution in [0.25, 0.3) is 5.69 Å². The van der Waals surface area contributed by atoms with Gasteiger partial charge in [0.1, 0.15) is 0 Å². The van der Waals surface area contributed by atoms with E-state index < -0.39 is 0 Å². The monoisotopic (exact) mass is 375 g/mol. The van der Waals surface area contributed by atoms with Gasteiger partial charge in [-0.2, -0.15) is 0 Å². The Morgan fingerprint density at radius 2 is 2.08 bits per heavy atom. The second-order valence-electron chi connectivity index (χ2n) is 6.11. The van der Waals surface area contributed by atoms with Crippen molar-refractivity contribution in [3.8, 4) is 5.69 Å². The van der Waals surface area contributed by atoms with E-state index in [2.05, 4.69) is 41.0 Å². The zero-order valence-corrected chi connectivity index (χ0v) is 16.2. The molecule has 0 aliphatic carbocycles. The summed E-state index contributed by atoms with van der Waals surface area (Å²) in [5, 5.41) is 3.59. The molecule has 0 saturated heterocycles. The number of aromatic nitrogens is 2. The predicted molar refractivity (Wildman–Crippen MR) is 103 cm³/mol. The third-order valence-electron chi connectivity index (χ3n) is 3.86. The van der Waals surface area contributed by atoms with Gasteiger partial charge in [0.15, 0.2) is 5.16 Å². The fourth-order valence-corrected chi connectivity index (χ4v) is 3.31. The van der Waals surface area contributed by atoms with Crippen LogP contribution in [0, 0.1) is 0 Å². The summed E-state index contributed by atoms with van der Waals surface area (Å²) >= 11 is 1.39. The molecule has 1 aromatic heterocycles. The SMILES string of the molecule is COC(=O)CCCNC(=O)CSc1nccn1-c1ccccc1C(C)C. The fraction of sp³-hybridized carbons (Fsp3) is 0.421. The minimum absolute atomic E-state index is 0.0773. The highest BCUT2D eigenvalue weighted by Crippen LogP contribution is 2.27. The van der Waals surface area contributed by atoms with Gasteiger partial charge in [0.25, 0.3) is 0 Å². The number of nitrogens with one attached hydrogen (secondary N) is 1. The lowest BCUT2D eigenvalue weighted by atomic mass is 10.0. The van der Waals surface area contributed by atoms with Crippen molar-refractivity contribution in [1.82, 2.24) is 14.9 Å². The van der Waals surface area contributed by atoms with Crippen molar-refractivity contribution in [1.29, 1.82) is 0 Å². The molecular weight excluding hydrogens is 350 g/mol. The molecule has 6 nitrogen and oxygen atoms in total. The Hall–Kier alpha value is -2.28.